The van der Waals surface area contributed by atoms with Crippen LogP contribution in [0.4, 0.5) is 0 Å². The minimum atomic E-state index is 0.235. The fourth-order valence-corrected chi connectivity index (χ4v) is 1.99. The molecule has 1 aromatic rings. The van der Waals surface area contributed by atoms with Gasteiger partial charge in [0.1, 0.15) is 5.75 Å². The maximum Gasteiger partial charge on any atom is 0.125 e. The van der Waals surface area contributed by atoms with Gasteiger partial charge in [-0.3, -0.25) is 0 Å². The first-order chi connectivity index (χ1) is 8.19. The number of hydrogen-bond donors (Lipinski definition) is 1. The third kappa shape index (κ3) is 4.57. The van der Waals surface area contributed by atoms with Gasteiger partial charge in [-0.15, -0.1) is 0 Å². The normalized spacial score (nSPS) is 12.5. The highest BCUT2D eigenvalue weighted by Crippen LogP contribution is 2.27. The van der Waals surface area contributed by atoms with Crippen LogP contribution < -0.4 is 10.1 Å². The van der Waals surface area contributed by atoms with Gasteiger partial charge in [-0.05, 0) is 32.0 Å². The zero-order valence-electron chi connectivity index (χ0n) is 10.9. The van der Waals surface area contributed by atoms with Crippen LogP contribution in [0.15, 0.2) is 18.2 Å². The van der Waals surface area contributed by atoms with E-state index in [1.807, 2.05) is 18.2 Å². The molecular weight excluding hydrogens is 234 g/mol. The molecule has 2 nitrogen and oxygen atoms in total. The van der Waals surface area contributed by atoms with Gasteiger partial charge >= 0.3 is 0 Å². The van der Waals surface area contributed by atoms with Crippen LogP contribution in [0, 0.1) is 0 Å². The van der Waals surface area contributed by atoms with Crippen LogP contribution in [0.25, 0.3) is 0 Å². The lowest BCUT2D eigenvalue weighted by atomic mass is 10.2. The molecule has 0 radical (unpaired) electrons. The van der Waals surface area contributed by atoms with Crippen molar-refractivity contribution in [3.05, 3.63) is 28.8 Å². The smallest absolute Gasteiger partial charge is 0.125 e. The van der Waals surface area contributed by atoms with Crippen LogP contribution in [0.3, 0.4) is 0 Å². The van der Waals surface area contributed by atoms with E-state index in [-0.39, 0.29) is 6.10 Å². The maximum absolute atomic E-state index is 6.21. The Morgan fingerprint density at radius 2 is 2.12 bits per heavy atom. The average Bonchev–Trinajstić information content (AvgIpc) is 2.28. The Morgan fingerprint density at radius 1 is 1.35 bits per heavy atom. The lowest BCUT2D eigenvalue weighted by Crippen LogP contribution is -2.16. The Hall–Kier alpha value is -0.730. The molecule has 96 valence electrons. The monoisotopic (exact) mass is 255 g/mol. The van der Waals surface area contributed by atoms with E-state index in [1.54, 1.807) is 0 Å². The molecule has 0 fully saturated rings. The summed E-state index contributed by atoms with van der Waals surface area (Å²) >= 11 is 6.21. The van der Waals surface area contributed by atoms with E-state index >= 15 is 0 Å². The first-order valence-electron chi connectivity index (χ1n) is 6.33. The zero-order valence-corrected chi connectivity index (χ0v) is 11.7. The summed E-state index contributed by atoms with van der Waals surface area (Å²) in [6, 6.07) is 5.84. The van der Waals surface area contributed by atoms with E-state index in [0.717, 1.165) is 42.3 Å². The standard InChI is InChI=1S/C14H22ClNO/c1-4-7-11(3)17-14-9-6-8-13(15)12(14)10-16-5-2/h6,8-9,11,16H,4-5,7,10H2,1-3H3. The molecular formula is C14H22ClNO. The first-order valence-corrected chi connectivity index (χ1v) is 6.71. The summed E-state index contributed by atoms with van der Waals surface area (Å²) in [7, 11) is 0. The van der Waals surface area contributed by atoms with Crippen molar-refractivity contribution in [2.24, 2.45) is 0 Å². The average molecular weight is 256 g/mol. The molecule has 0 aliphatic heterocycles. The molecule has 0 amide bonds. The summed E-state index contributed by atoms with van der Waals surface area (Å²) in [6.45, 7) is 8.02. The van der Waals surface area contributed by atoms with Crippen LogP contribution in [-0.2, 0) is 6.54 Å². The zero-order chi connectivity index (χ0) is 12.7. The Bertz CT molecular complexity index is 341. The summed E-state index contributed by atoms with van der Waals surface area (Å²) in [6.07, 6.45) is 2.43. The van der Waals surface area contributed by atoms with Gasteiger partial charge in [0.15, 0.2) is 0 Å². The van der Waals surface area contributed by atoms with Crippen molar-refractivity contribution in [3.8, 4) is 5.75 Å². The Kier molecular flexibility index (Phi) is 6.38. The number of rotatable bonds is 7. The summed E-state index contributed by atoms with van der Waals surface area (Å²) in [5.41, 5.74) is 1.05. The summed E-state index contributed by atoms with van der Waals surface area (Å²) in [4.78, 5) is 0. The van der Waals surface area contributed by atoms with Gasteiger partial charge in [0.25, 0.3) is 0 Å². The summed E-state index contributed by atoms with van der Waals surface area (Å²) < 4.78 is 5.94. The summed E-state index contributed by atoms with van der Waals surface area (Å²) in [5.74, 6) is 0.902. The third-order valence-corrected chi connectivity index (χ3v) is 3.01. The largest absolute Gasteiger partial charge is 0.490 e. The van der Waals surface area contributed by atoms with Crippen molar-refractivity contribution in [1.29, 1.82) is 0 Å². The Labute approximate surface area is 109 Å². The molecule has 0 aliphatic rings. The van der Waals surface area contributed by atoms with Gasteiger partial charge < -0.3 is 10.1 Å². The number of hydrogen-bond acceptors (Lipinski definition) is 2. The molecule has 0 heterocycles. The number of ether oxygens (including phenoxy) is 1. The molecule has 0 aliphatic carbocycles. The molecule has 17 heavy (non-hydrogen) atoms. The van der Waals surface area contributed by atoms with Gasteiger partial charge in [-0.1, -0.05) is 37.9 Å². The molecule has 1 rings (SSSR count). The predicted octanol–water partition coefficient (Wildman–Crippen LogP) is 4.02. The van der Waals surface area contributed by atoms with Crippen molar-refractivity contribution in [2.45, 2.75) is 46.3 Å². The molecule has 1 atom stereocenters. The summed E-state index contributed by atoms with van der Waals surface area (Å²) in [5, 5.41) is 4.06. The fourth-order valence-electron chi connectivity index (χ4n) is 1.75. The molecule has 0 aromatic heterocycles. The second-order valence-corrected chi connectivity index (χ2v) is 4.62. The highest BCUT2D eigenvalue weighted by Gasteiger charge is 2.10. The lowest BCUT2D eigenvalue weighted by Gasteiger charge is -2.18. The maximum atomic E-state index is 6.21. The van der Waals surface area contributed by atoms with E-state index in [9.17, 15) is 0 Å². The van der Waals surface area contributed by atoms with E-state index in [1.165, 1.54) is 0 Å². The van der Waals surface area contributed by atoms with Crippen molar-refractivity contribution >= 4 is 11.6 Å². The fraction of sp³-hybridized carbons (Fsp3) is 0.571. The minimum Gasteiger partial charge on any atom is -0.490 e. The van der Waals surface area contributed by atoms with Crippen LogP contribution in [0.2, 0.25) is 5.02 Å². The number of nitrogens with one attached hydrogen (secondary N) is 1. The third-order valence-electron chi connectivity index (χ3n) is 2.65. The molecule has 0 saturated heterocycles. The van der Waals surface area contributed by atoms with E-state index in [2.05, 4.69) is 26.1 Å². The van der Waals surface area contributed by atoms with Crippen LogP contribution >= 0.6 is 11.6 Å². The van der Waals surface area contributed by atoms with E-state index in [0.29, 0.717) is 0 Å². The van der Waals surface area contributed by atoms with Gasteiger partial charge in [0, 0.05) is 17.1 Å². The van der Waals surface area contributed by atoms with E-state index < -0.39 is 0 Å². The second-order valence-electron chi connectivity index (χ2n) is 4.21. The number of halogens is 1. The molecule has 3 heteroatoms. The van der Waals surface area contributed by atoms with Crippen LogP contribution in [-0.4, -0.2) is 12.6 Å². The molecule has 1 unspecified atom stereocenters. The van der Waals surface area contributed by atoms with Gasteiger partial charge in [-0.2, -0.15) is 0 Å². The number of benzene rings is 1. The minimum absolute atomic E-state index is 0.235. The molecule has 0 saturated carbocycles. The van der Waals surface area contributed by atoms with E-state index in [4.69, 9.17) is 16.3 Å². The van der Waals surface area contributed by atoms with Crippen LogP contribution in [0.5, 0.6) is 5.75 Å². The van der Waals surface area contributed by atoms with Crippen molar-refractivity contribution < 1.29 is 4.74 Å². The Balaban J connectivity index is 2.78. The molecule has 1 N–H and O–H groups in total. The predicted molar refractivity (Wildman–Crippen MR) is 73.8 cm³/mol. The SMILES string of the molecule is CCCC(C)Oc1cccc(Cl)c1CNCC. The Morgan fingerprint density at radius 3 is 2.76 bits per heavy atom. The van der Waals surface area contributed by atoms with Gasteiger partial charge in [-0.25, -0.2) is 0 Å². The molecule has 0 spiro atoms. The second kappa shape index (κ2) is 7.57. The van der Waals surface area contributed by atoms with Crippen molar-refractivity contribution in [1.82, 2.24) is 5.32 Å². The lowest BCUT2D eigenvalue weighted by molar-refractivity contribution is 0.207. The highest BCUT2D eigenvalue weighted by molar-refractivity contribution is 6.31. The molecule has 0 bridgehead atoms. The highest BCUT2D eigenvalue weighted by atomic mass is 35.5. The van der Waals surface area contributed by atoms with Crippen molar-refractivity contribution in [2.75, 3.05) is 6.54 Å². The van der Waals surface area contributed by atoms with Crippen molar-refractivity contribution in [3.63, 3.8) is 0 Å². The van der Waals surface area contributed by atoms with Gasteiger partial charge in [0.2, 0.25) is 0 Å². The van der Waals surface area contributed by atoms with Gasteiger partial charge in [0.05, 0.1) is 6.10 Å². The first kappa shape index (κ1) is 14.3. The molecule has 1 aromatic carbocycles. The quantitative estimate of drug-likeness (QED) is 0.795. The topological polar surface area (TPSA) is 21.3 Å². The van der Waals surface area contributed by atoms with Crippen LogP contribution in [0.1, 0.15) is 39.2 Å².